The predicted molar refractivity (Wildman–Crippen MR) is 118 cm³/mol. The number of fused-ring (bicyclic) bond motifs is 2. The number of allylic oxidation sites excluding steroid dienone is 3. The van der Waals surface area contributed by atoms with E-state index in [1.807, 2.05) is 42.5 Å². The van der Waals surface area contributed by atoms with Gasteiger partial charge < -0.3 is 14.8 Å². The largest absolute Gasteiger partial charge is 0.497 e. The molecule has 0 saturated heterocycles. The van der Waals surface area contributed by atoms with Crippen LogP contribution in [0, 0.1) is 5.41 Å². The lowest BCUT2D eigenvalue weighted by molar-refractivity contribution is -0.118. The number of Topliss-reactive ketones (excluding diaryl/α,β-unsaturated/α-hetero) is 2. The molecule has 0 fully saturated rings. The van der Waals surface area contributed by atoms with Gasteiger partial charge in [-0.3, -0.25) is 9.59 Å². The van der Waals surface area contributed by atoms with E-state index < -0.39 is 5.92 Å². The third-order valence-corrected chi connectivity index (χ3v) is 6.48. The van der Waals surface area contributed by atoms with E-state index in [2.05, 4.69) is 19.2 Å². The molecule has 0 bridgehead atoms. The predicted octanol–water partition coefficient (Wildman–Crippen LogP) is 4.64. The van der Waals surface area contributed by atoms with Crippen LogP contribution in [0.5, 0.6) is 11.5 Å². The summed E-state index contributed by atoms with van der Waals surface area (Å²) in [7, 11) is 3.21. The topological polar surface area (TPSA) is 64.6 Å². The molecule has 1 heterocycles. The van der Waals surface area contributed by atoms with Crippen molar-refractivity contribution in [2.24, 2.45) is 5.41 Å². The van der Waals surface area contributed by atoms with Crippen molar-refractivity contribution >= 4 is 17.3 Å². The lowest BCUT2D eigenvalue weighted by Crippen LogP contribution is -2.37. The van der Waals surface area contributed by atoms with Crippen molar-refractivity contribution in [2.75, 3.05) is 14.2 Å². The quantitative estimate of drug-likeness (QED) is 0.791. The number of carbonyl (C=O) groups is 2. The van der Waals surface area contributed by atoms with Crippen LogP contribution in [0.1, 0.15) is 54.1 Å². The summed E-state index contributed by atoms with van der Waals surface area (Å²) in [6.45, 7) is 4.21. The van der Waals surface area contributed by atoms with E-state index in [9.17, 15) is 9.59 Å². The summed E-state index contributed by atoms with van der Waals surface area (Å²) in [4.78, 5) is 27.0. The summed E-state index contributed by atoms with van der Waals surface area (Å²) in [5.41, 5.74) is 5.17. The monoisotopic (exact) mass is 415 g/mol. The maximum Gasteiger partial charge on any atom is 0.192 e. The number of nitrogens with one attached hydrogen (secondary N) is 1. The molecule has 0 amide bonds. The Balaban J connectivity index is 1.79. The molecule has 0 spiro atoms. The lowest BCUT2D eigenvalue weighted by Gasteiger charge is -2.39. The van der Waals surface area contributed by atoms with Gasteiger partial charge in [0.25, 0.3) is 0 Å². The highest BCUT2D eigenvalue weighted by atomic mass is 16.5. The third-order valence-electron chi connectivity index (χ3n) is 6.48. The number of ketones is 2. The lowest BCUT2D eigenvalue weighted by atomic mass is 9.68. The Morgan fingerprint density at radius 1 is 0.935 bits per heavy atom. The molecule has 0 unspecified atom stereocenters. The van der Waals surface area contributed by atoms with E-state index in [1.165, 1.54) is 0 Å². The molecule has 5 nitrogen and oxygen atoms in total. The van der Waals surface area contributed by atoms with Gasteiger partial charge in [-0.25, -0.2) is 0 Å². The van der Waals surface area contributed by atoms with E-state index in [-0.39, 0.29) is 17.0 Å². The third kappa shape index (κ3) is 2.91. The second-order valence-electron chi connectivity index (χ2n) is 9.16. The number of rotatable bonds is 3. The smallest absolute Gasteiger partial charge is 0.192 e. The van der Waals surface area contributed by atoms with Crippen molar-refractivity contribution in [2.45, 2.75) is 32.6 Å². The minimum absolute atomic E-state index is 0.0443. The van der Waals surface area contributed by atoms with Crippen LogP contribution in [0.15, 0.2) is 59.3 Å². The fourth-order valence-electron chi connectivity index (χ4n) is 5.17. The van der Waals surface area contributed by atoms with Crippen LogP contribution < -0.4 is 14.8 Å². The Hall–Kier alpha value is -3.34. The van der Waals surface area contributed by atoms with Gasteiger partial charge >= 0.3 is 0 Å². The molecular formula is C26H25NO4. The first-order valence-corrected chi connectivity index (χ1v) is 10.5. The normalized spacial score (nSPS) is 21.4. The molecule has 3 aliphatic rings. The number of benzene rings is 2. The highest BCUT2D eigenvalue weighted by Crippen LogP contribution is 2.53. The van der Waals surface area contributed by atoms with Gasteiger partial charge in [0.15, 0.2) is 11.6 Å². The van der Waals surface area contributed by atoms with Crippen molar-refractivity contribution < 1.29 is 19.1 Å². The summed E-state index contributed by atoms with van der Waals surface area (Å²) in [6.07, 6.45) is 1.18. The summed E-state index contributed by atoms with van der Waals surface area (Å²) < 4.78 is 11.1. The number of hydrogen-bond donors (Lipinski definition) is 1. The Kier molecular flexibility index (Phi) is 4.33. The van der Waals surface area contributed by atoms with Gasteiger partial charge in [0.05, 0.1) is 19.9 Å². The zero-order valence-electron chi connectivity index (χ0n) is 18.2. The Labute approximate surface area is 181 Å². The fourth-order valence-corrected chi connectivity index (χ4v) is 5.17. The molecule has 2 aliphatic carbocycles. The van der Waals surface area contributed by atoms with Gasteiger partial charge in [-0.1, -0.05) is 38.1 Å². The molecule has 1 aliphatic heterocycles. The molecule has 1 N–H and O–H groups in total. The van der Waals surface area contributed by atoms with Gasteiger partial charge in [0.1, 0.15) is 11.5 Å². The van der Waals surface area contributed by atoms with Gasteiger partial charge in [-0.05, 0) is 30.0 Å². The molecule has 31 heavy (non-hydrogen) atoms. The van der Waals surface area contributed by atoms with Crippen LogP contribution in [-0.4, -0.2) is 25.8 Å². The van der Waals surface area contributed by atoms with E-state index in [0.29, 0.717) is 34.6 Å². The highest BCUT2D eigenvalue weighted by Gasteiger charge is 2.47. The molecule has 2 aromatic carbocycles. The van der Waals surface area contributed by atoms with Gasteiger partial charge in [-0.15, -0.1) is 0 Å². The summed E-state index contributed by atoms with van der Waals surface area (Å²) in [6, 6.07) is 13.2. The average Bonchev–Trinajstić information content (AvgIpc) is 3.03. The van der Waals surface area contributed by atoms with Crippen LogP contribution in [0.25, 0.3) is 5.70 Å². The number of hydrogen-bond acceptors (Lipinski definition) is 5. The molecule has 158 valence electrons. The number of methoxy groups -OCH3 is 2. The maximum absolute atomic E-state index is 13.6. The zero-order chi connectivity index (χ0) is 21.9. The first-order chi connectivity index (χ1) is 14.8. The maximum atomic E-state index is 13.6. The minimum Gasteiger partial charge on any atom is -0.497 e. The Morgan fingerprint density at radius 2 is 1.68 bits per heavy atom. The van der Waals surface area contributed by atoms with Crippen LogP contribution in [0.3, 0.4) is 0 Å². The van der Waals surface area contributed by atoms with Crippen LogP contribution in [0.2, 0.25) is 0 Å². The second-order valence-corrected chi connectivity index (χ2v) is 9.16. The van der Waals surface area contributed by atoms with Crippen LogP contribution in [0.4, 0.5) is 0 Å². The molecule has 5 rings (SSSR count). The Morgan fingerprint density at radius 3 is 2.39 bits per heavy atom. The molecular weight excluding hydrogens is 390 g/mol. The summed E-state index contributed by atoms with van der Waals surface area (Å²) in [5.74, 6) is 0.818. The van der Waals surface area contributed by atoms with Crippen molar-refractivity contribution in [3.63, 3.8) is 0 Å². The van der Waals surface area contributed by atoms with Crippen LogP contribution >= 0.6 is 0 Å². The van der Waals surface area contributed by atoms with Crippen molar-refractivity contribution in [1.82, 2.24) is 5.32 Å². The zero-order valence-corrected chi connectivity index (χ0v) is 18.2. The number of dihydropyridines is 1. The summed E-state index contributed by atoms with van der Waals surface area (Å²) >= 11 is 0. The Bertz CT molecular complexity index is 1200. The van der Waals surface area contributed by atoms with E-state index >= 15 is 0 Å². The SMILES string of the molecule is COc1ccc(OC)c([C@H]2C3=C(CC(C)(C)CC3=O)NC3=C2C(=O)c2ccccc23)c1. The highest BCUT2D eigenvalue weighted by molar-refractivity contribution is 6.23. The van der Waals surface area contributed by atoms with Crippen molar-refractivity contribution in [1.29, 1.82) is 0 Å². The molecule has 1 atom stereocenters. The standard InChI is InChI=1S/C26H25NO4/c1-26(2)12-18-22(19(28)13-26)21(17-11-14(30-3)9-10-20(17)31-4)23-24(27-18)15-7-5-6-8-16(15)25(23)29/h5-11,21,27H,12-13H2,1-4H3/t21-/m0/s1. The number of ether oxygens (including phenoxy) is 2. The van der Waals surface area contributed by atoms with Crippen LogP contribution in [-0.2, 0) is 4.79 Å². The second kappa shape index (κ2) is 6.84. The average molecular weight is 415 g/mol. The van der Waals surface area contributed by atoms with E-state index in [0.717, 1.165) is 28.9 Å². The van der Waals surface area contributed by atoms with E-state index in [4.69, 9.17) is 9.47 Å². The van der Waals surface area contributed by atoms with Crippen molar-refractivity contribution in [3.05, 3.63) is 76.0 Å². The van der Waals surface area contributed by atoms with Gasteiger partial charge in [-0.2, -0.15) is 0 Å². The molecule has 0 saturated carbocycles. The van der Waals surface area contributed by atoms with Gasteiger partial charge in [0, 0.05) is 45.9 Å². The first-order valence-electron chi connectivity index (χ1n) is 10.5. The van der Waals surface area contributed by atoms with Gasteiger partial charge in [0.2, 0.25) is 0 Å². The fraction of sp³-hybridized carbons (Fsp3) is 0.308. The number of carbonyl (C=O) groups excluding carboxylic acids is 2. The summed E-state index contributed by atoms with van der Waals surface area (Å²) in [5, 5.41) is 3.50. The van der Waals surface area contributed by atoms with E-state index in [1.54, 1.807) is 14.2 Å². The molecule has 0 radical (unpaired) electrons. The molecule has 0 aromatic heterocycles. The molecule has 2 aromatic rings. The first kappa shape index (κ1) is 19.6. The molecule has 5 heteroatoms. The minimum atomic E-state index is -0.500. The van der Waals surface area contributed by atoms with Crippen molar-refractivity contribution in [3.8, 4) is 11.5 Å².